The summed E-state index contributed by atoms with van der Waals surface area (Å²) in [6.45, 7) is 2.39. The monoisotopic (exact) mass is 398 g/mol. The lowest BCUT2D eigenvalue weighted by Gasteiger charge is -2.35. The molecule has 1 aliphatic rings. The zero-order valence-corrected chi connectivity index (χ0v) is 16.7. The maximum atomic E-state index is 5.31. The van der Waals surface area contributed by atoms with Gasteiger partial charge in [0.05, 0.1) is 25.9 Å². The van der Waals surface area contributed by atoms with Gasteiger partial charge in [-0.1, -0.05) is 36.4 Å². The van der Waals surface area contributed by atoms with Crippen molar-refractivity contribution in [2.24, 2.45) is 0 Å². The highest BCUT2D eigenvalue weighted by atomic mass is 16.5. The molecule has 4 aromatic rings. The van der Waals surface area contributed by atoms with Crippen molar-refractivity contribution in [3.05, 3.63) is 90.3 Å². The lowest BCUT2D eigenvalue weighted by Crippen LogP contribution is -2.37. The molecule has 3 aromatic heterocycles. The molecule has 1 unspecified atom stereocenters. The zero-order valence-electron chi connectivity index (χ0n) is 16.7. The van der Waals surface area contributed by atoms with E-state index in [1.807, 2.05) is 30.6 Å². The second-order valence-electron chi connectivity index (χ2n) is 7.27. The molecule has 150 valence electrons. The average Bonchev–Trinajstić information content (AvgIpc) is 3.24. The minimum absolute atomic E-state index is 0.118. The van der Waals surface area contributed by atoms with Crippen LogP contribution >= 0.6 is 0 Å². The van der Waals surface area contributed by atoms with Gasteiger partial charge in [-0.25, -0.2) is 0 Å². The van der Waals surface area contributed by atoms with Crippen molar-refractivity contribution in [1.29, 1.82) is 0 Å². The van der Waals surface area contributed by atoms with E-state index in [-0.39, 0.29) is 6.04 Å². The molecule has 0 fully saturated rings. The van der Waals surface area contributed by atoms with E-state index in [1.165, 1.54) is 11.1 Å². The van der Waals surface area contributed by atoms with Crippen molar-refractivity contribution in [2.75, 3.05) is 13.7 Å². The van der Waals surface area contributed by atoms with Crippen LogP contribution in [0.3, 0.4) is 0 Å². The van der Waals surface area contributed by atoms with Crippen molar-refractivity contribution in [3.63, 3.8) is 0 Å². The Morgan fingerprint density at radius 2 is 1.77 bits per heavy atom. The van der Waals surface area contributed by atoms with Gasteiger partial charge in [0.15, 0.2) is 5.82 Å². The molecule has 1 aliphatic heterocycles. The summed E-state index contributed by atoms with van der Waals surface area (Å²) >= 11 is 0. The maximum absolute atomic E-state index is 5.31. The van der Waals surface area contributed by atoms with Gasteiger partial charge >= 0.3 is 0 Å². The first-order valence-electron chi connectivity index (χ1n) is 9.94. The summed E-state index contributed by atoms with van der Waals surface area (Å²) in [6.07, 6.45) is 7.25. The third kappa shape index (κ3) is 3.44. The normalized spacial score (nSPS) is 14.8. The highest BCUT2D eigenvalue weighted by molar-refractivity contribution is 5.56. The maximum Gasteiger partial charge on any atom is 0.165 e. The van der Waals surface area contributed by atoms with Gasteiger partial charge in [0.25, 0.3) is 0 Å². The quantitative estimate of drug-likeness (QED) is 0.514. The number of aromatic nitrogens is 5. The Hall–Kier alpha value is -3.58. The smallest absolute Gasteiger partial charge is 0.165 e. The van der Waals surface area contributed by atoms with E-state index in [0.717, 1.165) is 30.3 Å². The van der Waals surface area contributed by atoms with Crippen LogP contribution in [0.2, 0.25) is 0 Å². The number of nitrogens with zero attached hydrogens (tertiary/aromatic N) is 6. The Balaban J connectivity index is 1.48. The van der Waals surface area contributed by atoms with E-state index < -0.39 is 0 Å². The first kappa shape index (κ1) is 18.4. The third-order valence-corrected chi connectivity index (χ3v) is 5.47. The zero-order chi connectivity index (χ0) is 20.3. The van der Waals surface area contributed by atoms with Crippen LogP contribution in [0.15, 0.2) is 73.3 Å². The molecule has 0 amide bonds. The van der Waals surface area contributed by atoms with Crippen LogP contribution in [-0.2, 0) is 13.1 Å². The number of hydrogen-bond donors (Lipinski definition) is 0. The Morgan fingerprint density at radius 3 is 2.57 bits per heavy atom. The van der Waals surface area contributed by atoms with Gasteiger partial charge in [0, 0.05) is 37.2 Å². The lowest BCUT2D eigenvalue weighted by atomic mass is 9.98. The molecule has 7 heteroatoms. The highest BCUT2D eigenvalue weighted by Gasteiger charge is 2.29. The summed E-state index contributed by atoms with van der Waals surface area (Å²) in [4.78, 5) is 11.0. The summed E-state index contributed by atoms with van der Waals surface area (Å²) in [7, 11) is 1.64. The van der Waals surface area contributed by atoms with E-state index in [4.69, 9.17) is 4.74 Å². The molecule has 1 atom stereocenters. The number of rotatable bonds is 5. The molecule has 0 saturated heterocycles. The van der Waals surface area contributed by atoms with Crippen LogP contribution in [0, 0.1) is 0 Å². The van der Waals surface area contributed by atoms with Gasteiger partial charge in [-0.05, 0) is 23.3 Å². The standard InChI is InChI=1S/C23H22N6O/c1-30-20-12-19(14-25-15-20)23-27-26-21-16-28(10-11-29(21)23)22(17-6-3-2-4-7-17)18-8-5-9-24-13-18/h2-9,12-15,22H,10-11,16H2,1H3. The van der Waals surface area contributed by atoms with Crippen LogP contribution in [0.1, 0.15) is 23.0 Å². The summed E-state index contributed by atoms with van der Waals surface area (Å²) in [5.41, 5.74) is 3.33. The first-order valence-corrected chi connectivity index (χ1v) is 9.94. The number of benzene rings is 1. The van der Waals surface area contributed by atoms with E-state index in [9.17, 15) is 0 Å². The number of fused-ring (bicyclic) bond motifs is 1. The van der Waals surface area contributed by atoms with Gasteiger partial charge < -0.3 is 9.30 Å². The average molecular weight is 398 g/mol. The van der Waals surface area contributed by atoms with Crippen LogP contribution in [0.4, 0.5) is 0 Å². The molecule has 0 saturated carbocycles. The molecule has 0 spiro atoms. The van der Waals surface area contributed by atoms with E-state index in [1.54, 1.807) is 19.5 Å². The molecule has 0 bridgehead atoms. The minimum Gasteiger partial charge on any atom is -0.495 e. The van der Waals surface area contributed by atoms with Crippen molar-refractivity contribution < 1.29 is 4.74 Å². The predicted octanol–water partition coefficient (Wildman–Crippen LogP) is 3.35. The van der Waals surface area contributed by atoms with Crippen molar-refractivity contribution in [3.8, 4) is 17.1 Å². The molecule has 0 N–H and O–H groups in total. The van der Waals surface area contributed by atoms with Gasteiger partial charge in [-0.2, -0.15) is 0 Å². The molecule has 4 heterocycles. The Bertz CT molecular complexity index is 1090. The SMILES string of the molecule is COc1cncc(-c2nnc3n2CCN(C(c2ccccc2)c2cccnc2)C3)c1. The molecule has 5 rings (SSSR count). The molecular formula is C23H22N6O. The van der Waals surface area contributed by atoms with Gasteiger partial charge in [-0.15, -0.1) is 10.2 Å². The fraction of sp³-hybridized carbons (Fsp3) is 0.217. The largest absolute Gasteiger partial charge is 0.495 e. The predicted molar refractivity (Wildman–Crippen MR) is 113 cm³/mol. The lowest BCUT2D eigenvalue weighted by molar-refractivity contribution is 0.176. The van der Waals surface area contributed by atoms with E-state index >= 15 is 0 Å². The fourth-order valence-electron chi connectivity index (χ4n) is 4.05. The van der Waals surface area contributed by atoms with Crippen molar-refractivity contribution in [1.82, 2.24) is 29.6 Å². The van der Waals surface area contributed by atoms with Crippen LogP contribution < -0.4 is 4.74 Å². The second-order valence-corrected chi connectivity index (χ2v) is 7.27. The van der Waals surface area contributed by atoms with Gasteiger partial charge in [0.1, 0.15) is 11.6 Å². The Morgan fingerprint density at radius 1 is 0.900 bits per heavy atom. The summed E-state index contributed by atoms with van der Waals surface area (Å²) in [5.74, 6) is 2.49. The van der Waals surface area contributed by atoms with Gasteiger partial charge in [0.2, 0.25) is 0 Å². The molecule has 0 radical (unpaired) electrons. The van der Waals surface area contributed by atoms with Crippen molar-refractivity contribution in [2.45, 2.75) is 19.1 Å². The third-order valence-electron chi connectivity index (χ3n) is 5.47. The topological polar surface area (TPSA) is 69.0 Å². The van der Waals surface area contributed by atoms with E-state index in [0.29, 0.717) is 12.3 Å². The summed E-state index contributed by atoms with van der Waals surface area (Å²) in [6, 6.07) is 16.7. The second kappa shape index (κ2) is 8.04. The van der Waals surface area contributed by atoms with E-state index in [2.05, 4.69) is 60.0 Å². The van der Waals surface area contributed by atoms with Crippen LogP contribution in [-0.4, -0.2) is 43.3 Å². The number of ether oxygens (including phenoxy) is 1. The van der Waals surface area contributed by atoms with Gasteiger partial charge in [-0.3, -0.25) is 14.9 Å². The highest BCUT2D eigenvalue weighted by Crippen LogP contribution is 2.32. The minimum atomic E-state index is 0.118. The molecule has 7 nitrogen and oxygen atoms in total. The molecule has 1 aromatic carbocycles. The Kier molecular flexibility index (Phi) is 4.94. The number of pyridine rings is 2. The number of methoxy groups -OCH3 is 1. The molecular weight excluding hydrogens is 376 g/mol. The first-order chi connectivity index (χ1) is 14.8. The number of hydrogen-bond acceptors (Lipinski definition) is 6. The van der Waals surface area contributed by atoms with Crippen LogP contribution in [0.5, 0.6) is 5.75 Å². The fourth-order valence-corrected chi connectivity index (χ4v) is 4.05. The molecule has 0 aliphatic carbocycles. The molecule has 30 heavy (non-hydrogen) atoms. The Labute approximate surface area is 175 Å². The summed E-state index contributed by atoms with van der Waals surface area (Å²) < 4.78 is 7.49. The summed E-state index contributed by atoms with van der Waals surface area (Å²) in [5, 5.41) is 8.96. The van der Waals surface area contributed by atoms with Crippen molar-refractivity contribution >= 4 is 0 Å². The van der Waals surface area contributed by atoms with Crippen LogP contribution in [0.25, 0.3) is 11.4 Å².